The first-order valence-corrected chi connectivity index (χ1v) is 7.34. The molecule has 0 aromatic heterocycles. The van der Waals surface area contributed by atoms with E-state index in [2.05, 4.69) is 0 Å². The zero-order valence-corrected chi connectivity index (χ0v) is 12.2. The molecule has 0 bridgehead atoms. The fraction of sp³-hybridized carbons (Fsp3) is 0.429. The number of nitrogens with two attached hydrogens (primary N) is 2. The van der Waals surface area contributed by atoms with Gasteiger partial charge in [-0.25, -0.2) is 0 Å². The van der Waals surface area contributed by atoms with Crippen molar-refractivity contribution in [3.05, 3.63) is 23.8 Å². The van der Waals surface area contributed by atoms with Crippen molar-refractivity contribution in [1.29, 1.82) is 0 Å². The van der Waals surface area contributed by atoms with E-state index in [1.54, 1.807) is 23.9 Å². The average Bonchev–Trinajstić information content (AvgIpc) is 3.17. The standard InChI is InChI=1S/C14H18N2O3S/c1-19-11(17)7-14(5-6-14)8-20-10-4-2-3-9(12(10)15)13(16)18/h2-4H,5-8,15H2,1H3,(H2,16,18). The number of primary amides is 1. The molecule has 1 aliphatic rings. The molecule has 0 atom stereocenters. The number of ether oxygens (including phenoxy) is 1. The molecule has 1 saturated carbocycles. The van der Waals surface area contributed by atoms with Crippen LogP contribution >= 0.6 is 11.8 Å². The smallest absolute Gasteiger partial charge is 0.306 e. The third-order valence-electron chi connectivity index (χ3n) is 3.57. The van der Waals surface area contributed by atoms with Crippen molar-refractivity contribution in [2.75, 3.05) is 18.6 Å². The molecular weight excluding hydrogens is 276 g/mol. The molecule has 0 spiro atoms. The van der Waals surface area contributed by atoms with Gasteiger partial charge in [-0.05, 0) is 30.4 Å². The lowest BCUT2D eigenvalue weighted by molar-refractivity contribution is -0.141. The molecule has 0 radical (unpaired) electrons. The van der Waals surface area contributed by atoms with Gasteiger partial charge in [-0.3, -0.25) is 9.59 Å². The summed E-state index contributed by atoms with van der Waals surface area (Å²) in [6.07, 6.45) is 2.47. The fourth-order valence-electron chi connectivity index (χ4n) is 2.04. The fourth-order valence-corrected chi connectivity index (χ4v) is 3.34. The Kier molecular flexibility index (Phi) is 4.23. The predicted molar refractivity (Wildman–Crippen MR) is 78.4 cm³/mol. The number of amides is 1. The highest BCUT2D eigenvalue weighted by Crippen LogP contribution is 2.52. The van der Waals surface area contributed by atoms with E-state index in [1.165, 1.54) is 7.11 Å². The van der Waals surface area contributed by atoms with Gasteiger partial charge in [0.15, 0.2) is 0 Å². The summed E-state index contributed by atoms with van der Waals surface area (Å²) in [5.41, 5.74) is 12.0. The summed E-state index contributed by atoms with van der Waals surface area (Å²) >= 11 is 1.56. The van der Waals surface area contributed by atoms with Gasteiger partial charge < -0.3 is 16.2 Å². The Morgan fingerprint density at radius 3 is 2.65 bits per heavy atom. The topological polar surface area (TPSA) is 95.4 Å². The Morgan fingerprint density at radius 2 is 2.10 bits per heavy atom. The third kappa shape index (κ3) is 3.25. The number of anilines is 1. The van der Waals surface area contributed by atoms with E-state index in [0.717, 1.165) is 23.5 Å². The highest BCUT2D eigenvalue weighted by atomic mass is 32.2. The summed E-state index contributed by atoms with van der Waals surface area (Å²) in [7, 11) is 1.40. The van der Waals surface area contributed by atoms with E-state index in [1.807, 2.05) is 6.07 Å². The minimum absolute atomic E-state index is 0.0208. The number of hydrogen-bond donors (Lipinski definition) is 2. The van der Waals surface area contributed by atoms with E-state index in [4.69, 9.17) is 16.2 Å². The Morgan fingerprint density at radius 1 is 1.40 bits per heavy atom. The Balaban J connectivity index is 2.03. The van der Waals surface area contributed by atoms with Crippen LogP contribution in [0.3, 0.4) is 0 Å². The van der Waals surface area contributed by atoms with Gasteiger partial charge in [-0.15, -0.1) is 11.8 Å². The molecular formula is C14H18N2O3S. The van der Waals surface area contributed by atoms with Crippen LogP contribution in [0, 0.1) is 5.41 Å². The molecule has 20 heavy (non-hydrogen) atoms. The molecule has 5 nitrogen and oxygen atoms in total. The molecule has 0 heterocycles. The number of nitrogen functional groups attached to an aromatic ring is 1. The number of thioether (sulfide) groups is 1. The lowest BCUT2D eigenvalue weighted by Crippen LogP contribution is -2.15. The first-order valence-electron chi connectivity index (χ1n) is 6.35. The van der Waals surface area contributed by atoms with Crippen LogP contribution in [-0.2, 0) is 9.53 Å². The molecule has 4 N–H and O–H groups in total. The highest BCUT2D eigenvalue weighted by molar-refractivity contribution is 7.99. The quantitative estimate of drug-likeness (QED) is 0.474. The van der Waals surface area contributed by atoms with Crippen LogP contribution in [0.25, 0.3) is 0 Å². The first-order chi connectivity index (χ1) is 9.47. The monoisotopic (exact) mass is 294 g/mol. The van der Waals surface area contributed by atoms with Crippen molar-refractivity contribution in [3.63, 3.8) is 0 Å². The Hall–Kier alpha value is -1.69. The molecule has 0 aliphatic heterocycles. The maximum absolute atomic E-state index is 11.4. The summed E-state index contributed by atoms with van der Waals surface area (Å²) < 4.78 is 4.72. The zero-order valence-electron chi connectivity index (χ0n) is 11.3. The van der Waals surface area contributed by atoms with Gasteiger partial charge in [0.1, 0.15) is 0 Å². The SMILES string of the molecule is COC(=O)CC1(CSc2cccc(C(N)=O)c2N)CC1. The molecule has 0 saturated heterocycles. The van der Waals surface area contributed by atoms with Crippen molar-refractivity contribution in [2.45, 2.75) is 24.2 Å². The van der Waals surface area contributed by atoms with Crippen molar-refractivity contribution in [2.24, 2.45) is 11.1 Å². The molecule has 1 aliphatic carbocycles. The van der Waals surface area contributed by atoms with E-state index < -0.39 is 5.91 Å². The van der Waals surface area contributed by atoms with Gasteiger partial charge in [0.05, 0.1) is 24.8 Å². The number of carbonyl (C=O) groups excluding carboxylic acids is 2. The summed E-state index contributed by atoms with van der Waals surface area (Å²) in [4.78, 5) is 23.4. The molecule has 1 fully saturated rings. The van der Waals surface area contributed by atoms with Gasteiger partial charge in [0.25, 0.3) is 5.91 Å². The van der Waals surface area contributed by atoms with E-state index in [-0.39, 0.29) is 11.4 Å². The van der Waals surface area contributed by atoms with Gasteiger partial charge in [0.2, 0.25) is 0 Å². The van der Waals surface area contributed by atoms with Crippen LogP contribution in [0.5, 0.6) is 0 Å². The molecule has 1 aromatic rings. The third-order valence-corrected chi connectivity index (χ3v) is 4.99. The molecule has 6 heteroatoms. The van der Waals surface area contributed by atoms with Gasteiger partial charge >= 0.3 is 5.97 Å². The number of rotatable bonds is 6. The number of methoxy groups -OCH3 is 1. The van der Waals surface area contributed by atoms with Gasteiger partial charge in [-0.2, -0.15) is 0 Å². The Labute approximate surface area is 122 Å². The van der Waals surface area contributed by atoms with E-state index in [0.29, 0.717) is 17.7 Å². The summed E-state index contributed by atoms with van der Waals surface area (Å²) in [6, 6.07) is 5.24. The largest absolute Gasteiger partial charge is 0.469 e. The molecule has 1 aromatic carbocycles. The van der Waals surface area contributed by atoms with Crippen LogP contribution in [-0.4, -0.2) is 24.7 Å². The van der Waals surface area contributed by atoms with Crippen LogP contribution in [0.2, 0.25) is 0 Å². The second-order valence-electron chi connectivity index (χ2n) is 5.12. The first kappa shape index (κ1) is 14.7. The van der Waals surface area contributed by atoms with Crippen molar-refractivity contribution >= 4 is 29.3 Å². The molecule has 0 unspecified atom stereocenters. The van der Waals surface area contributed by atoms with Gasteiger partial charge in [0, 0.05) is 10.6 Å². The van der Waals surface area contributed by atoms with Crippen LogP contribution < -0.4 is 11.5 Å². The Bertz CT molecular complexity index is 541. The zero-order chi connectivity index (χ0) is 14.8. The lowest BCUT2D eigenvalue weighted by atomic mass is 10.1. The lowest BCUT2D eigenvalue weighted by Gasteiger charge is -2.14. The minimum Gasteiger partial charge on any atom is -0.469 e. The minimum atomic E-state index is -0.527. The number of para-hydroxylation sites is 1. The summed E-state index contributed by atoms with van der Waals surface area (Å²) in [5, 5.41) is 0. The van der Waals surface area contributed by atoms with Crippen molar-refractivity contribution in [1.82, 2.24) is 0 Å². The van der Waals surface area contributed by atoms with E-state index >= 15 is 0 Å². The van der Waals surface area contributed by atoms with Gasteiger partial charge in [-0.1, -0.05) is 6.07 Å². The number of carbonyl (C=O) groups is 2. The van der Waals surface area contributed by atoms with E-state index in [9.17, 15) is 9.59 Å². The highest BCUT2D eigenvalue weighted by Gasteiger charge is 2.44. The second kappa shape index (κ2) is 5.75. The molecule has 1 amide bonds. The molecule has 108 valence electrons. The average molecular weight is 294 g/mol. The van der Waals surface area contributed by atoms with Crippen molar-refractivity contribution < 1.29 is 14.3 Å². The van der Waals surface area contributed by atoms with Crippen molar-refractivity contribution in [3.8, 4) is 0 Å². The second-order valence-corrected chi connectivity index (χ2v) is 6.14. The summed E-state index contributed by atoms with van der Waals surface area (Å²) in [6.45, 7) is 0. The molecule has 2 rings (SSSR count). The van der Waals surface area contributed by atoms with Crippen LogP contribution in [0.4, 0.5) is 5.69 Å². The van der Waals surface area contributed by atoms with Crippen LogP contribution in [0.15, 0.2) is 23.1 Å². The maximum atomic E-state index is 11.4. The normalized spacial score (nSPS) is 15.7. The number of esters is 1. The number of benzene rings is 1. The van der Waals surface area contributed by atoms with Crippen LogP contribution in [0.1, 0.15) is 29.6 Å². The predicted octanol–water partition coefficient (Wildman–Crippen LogP) is 1.80. The maximum Gasteiger partial charge on any atom is 0.306 e. The summed E-state index contributed by atoms with van der Waals surface area (Å²) in [5.74, 6) is 0.0803. The number of hydrogen-bond acceptors (Lipinski definition) is 5.